The molecule has 0 fully saturated rings. The van der Waals surface area contributed by atoms with E-state index in [1.54, 1.807) is 40.9 Å². The van der Waals surface area contributed by atoms with Crippen LogP contribution in [0.3, 0.4) is 0 Å². The van der Waals surface area contributed by atoms with Crippen molar-refractivity contribution in [3.63, 3.8) is 0 Å². The Hall–Kier alpha value is -4.05. The average molecular weight is 465 g/mol. The summed E-state index contributed by atoms with van der Waals surface area (Å²) in [6.45, 7) is 2.75. The molecule has 33 heavy (non-hydrogen) atoms. The molecule has 1 aliphatic rings. The fraction of sp³-hybridized carbons (Fsp3) is 0.130. The van der Waals surface area contributed by atoms with E-state index >= 15 is 0 Å². The zero-order chi connectivity index (χ0) is 23.0. The standard InChI is InChI=1S/C23H20N4O5S/c1-15-8-9-27-14-19(25-22(27)12-15)23(28)24-16-2-4-17(5-3-16)26-33(29,30)18-6-7-20-21(13-18)32-11-10-31-20/h2-9,12-14,26H,10-11H2,1H3,(H,24,28). The Morgan fingerprint density at radius 1 is 0.970 bits per heavy atom. The lowest BCUT2D eigenvalue weighted by Gasteiger charge is -2.19. The Morgan fingerprint density at radius 3 is 2.48 bits per heavy atom. The number of hydrogen-bond acceptors (Lipinski definition) is 6. The Balaban J connectivity index is 1.28. The minimum Gasteiger partial charge on any atom is -0.486 e. The smallest absolute Gasteiger partial charge is 0.275 e. The molecule has 2 aromatic carbocycles. The number of anilines is 2. The van der Waals surface area contributed by atoms with Crippen molar-refractivity contribution < 1.29 is 22.7 Å². The van der Waals surface area contributed by atoms with Crippen molar-refractivity contribution in [2.75, 3.05) is 23.3 Å². The van der Waals surface area contributed by atoms with E-state index in [1.165, 1.54) is 12.1 Å². The first kappa shape index (κ1) is 20.8. The maximum absolute atomic E-state index is 12.8. The molecule has 10 heteroatoms. The second-order valence-corrected chi connectivity index (χ2v) is 9.22. The molecule has 2 aromatic heterocycles. The number of pyridine rings is 1. The minimum atomic E-state index is -3.83. The summed E-state index contributed by atoms with van der Waals surface area (Å²) in [5.41, 5.74) is 2.88. The third-order valence-electron chi connectivity index (χ3n) is 5.07. The van der Waals surface area contributed by atoms with Gasteiger partial charge in [0.1, 0.15) is 24.6 Å². The Bertz CT molecular complexity index is 1460. The molecule has 2 N–H and O–H groups in total. The third kappa shape index (κ3) is 4.33. The summed E-state index contributed by atoms with van der Waals surface area (Å²) in [5.74, 6) is 0.547. The molecule has 168 valence electrons. The van der Waals surface area contributed by atoms with Crippen molar-refractivity contribution in [3.8, 4) is 11.5 Å². The van der Waals surface area contributed by atoms with Gasteiger partial charge in [0.2, 0.25) is 0 Å². The van der Waals surface area contributed by atoms with Crippen LogP contribution in [0.1, 0.15) is 16.1 Å². The summed E-state index contributed by atoms with van der Waals surface area (Å²) >= 11 is 0. The number of aryl methyl sites for hydroxylation is 1. The van der Waals surface area contributed by atoms with E-state index in [-0.39, 0.29) is 16.5 Å². The van der Waals surface area contributed by atoms with Crippen molar-refractivity contribution >= 4 is 33.0 Å². The predicted molar refractivity (Wildman–Crippen MR) is 123 cm³/mol. The number of nitrogens with zero attached hydrogens (tertiary/aromatic N) is 2. The highest BCUT2D eigenvalue weighted by atomic mass is 32.2. The molecular formula is C23H20N4O5S. The van der Waals surface area contributed by atoms with Crippen LogP contribution in [0.25, 0.3) is 5.65 Å². The van der Waals surface area contributed by atoms with E-state index in [1.807, 2.05) is 25.3 Å². The minimum absolute atomic E-state index is 0.0613. The highest BCUT2D eigenvalue weighted by Gasteiger charge is 2.19. The molecule has 5 rings (SSSR count). The number of hydrogen-bond donors (Lipinski definition) is 2. The van der Waals surface area contributed by atoms with Crippen molar-refractivity contribution in [2.45, 2.75) is 11.8 Å². The number of ether oxygens (including phenoxy) is 2. The maximum Gasteiger partial charge on any atom is 0.275 e. The number of nitrogens with one attached hydrogen (secondary N) is 2. The SMILES string of the molecule is Cc1ccn2cc(C(=O)Nc3ccc(NS(=O)(=O)c4ccc5c(c4)OCCO5)cc3)nc2c1. The van der Waals surface area contributed by atoms with Gasteiger partial charge in [0.05, 0.1) is 4.90 Å². The highest BCUT2D eigenvalue weighted by Crippen LogP contribution is 2.32. The normalized spacial score (nSPS) is 13.0. The van der Waals surface area contributed by atoms with E-state index in [0.717, 1.165) is 5.56 Å². The summed E-state index contributed by atoms with van der Waals surface area (Å²) in [6, 6.07) is 14.6. The first-order chi connectivity index (χ1) is 15.9. The molecule has 0 unspecified atom stereocenters. The lowest BCUT2D eigenvalue weighted by Crippen LogP contribution is -2.17. The summed E-state index contributed by atoms with van der Waals surface area (Å²) in [7, 11) is -3.83. The van der Waals surface area contributed by atoms with Gasteiger partial charge in [-0.05, 0) is 61.0 Å². The second-order valence-electron chi connectivity index (χ2n) is 7.54. The van der Waals surface area contributed by atoms with Gasteiger partial charge in [-0.2, -0.15) is 0 Å². The van der Waals surface area contributed by atoms with Gasteiger partial charge in [0.25, 0.3) is 15.9 Å². The molecule has 1 aliphatic heterocycles. The fourth-order valence-electron chi connectivity index (χ4n) is 3.41. The van der Waals surface area contributed by atoms with Crippen molar-refractivity contribution in [3.05, 3.63) is 78.2 Å². The van der Waals surface area contributed by atoms with Gasteiger partial charge in [-0.1, -0.05) is 0 Å². The number of carbonyl (C=O) groups excluding carboxylic acids is 1. The Labute approximate surface area is 190 Å². The molecule has 0 aliphatic carbocycles. The van der Waals surface area contributed by atoms with Crippen LogP contribution < -0.4 is 19.5 Å². The third-order valence-corrected chi connectivity index (χ3v) is 6.45. The molecule has 3 heterocycles. The second kappa shape index (κ2) is 8.14. The first-order valence-corrected chi connectivity index (χ1v) is 11.6. The van der Waals surface area contributed by atoms with Gasteiger partial charge in [-0.3, -0.25) is 9.52 Å². The molecule has 0 saturated heterocycles. The molecule has 0 atom stereocenters. The first-order valence-electron chi connectivity index (χ1n) is 10.2. The number of imidazole rings is 1. The summed E-state index contributed by atoms with van der Waals surface area (Å²) in [6.07, 6.45) is 3.50. The van der Waals surface area contributed by atoms with E-state index in [9.17, 15) is 13.2 Å². The Kier molecular flexibility index (Phi) is 5.14. The maximum atomic E-state index is 12.8. The largest absolute Gasteiger partial charge is 0.486 e. The topological polar surface area (TPSA) is 111 Å². The summed E-state index contributed by atoms with van der Waals surface area (Å²) < 4.78 is 40.7. The summed E-state index contributed by atoms with van der Waals surface area (Å²) in [5, 5.41) is 2.77. The molecule has 9 nitrogen and oxygen atoms in total. The molecule has 0 bridgehead atoms. The van der Waals surface area contributed by atoms with Gasteiger partial charge in [0, 0.05) is 29.8 Å². The quantitative estimate of drug-likeness (QED) is 0.468. The molecule has 4 aromatic rings. The number of carbonyl (C=O) groups is 1. The van der Waals surface area contributed by atoms with Crippen LogP contribution in [0.2, 0.25) is 0 Å². The van der Waals surface area contributed by atoms with Gasteiger partial charge < -0.3 is 19.2 Å². The van der Waals surface area contributed by atoms with Crippen LogP contribution in [-0.4, -0.2) is 36.9 Å². The zero-order valence-corrected chi connectivity index (χ0v) is 18.4. The van der Waals surface area contributed by atoms with E-state index in [4.69, 9.17) is 9.47 Å². The number of benzene rings is 2. The molecule has 1 amide bonds. The van der Waals surface area contributed by atoms with Crippen molar-refractivity contribution in [1.82, 2.24) is 9.38 Å². The lowest BCUT2D eigenvalue weighted by molar-refractivity contribution is 0.102. The highest BCUT2D eigenvalue weighted by molar-refractivity contribution is 7.92. The van der Waals surface area contributed by atoms with Gasteiger partial charge in [-0.15, -0.1) is 0 Å². The molecule has 0 saturated carbocycles. The number of aromatic nitrogens is 2. The predicted octanol–water partition coefficient (Wildman–Crippen LogP) is 3.47. The van der Waals surface area contributed by atoms with Crippen LogP contribution in [0.5, 0.6) is 11.5 Å². The van der Waals surface area contributed by atoms with Crippen LogP contribution in [0.4, 0.5) is 11.4 Å². The molecule has 0 radical (unpaired) electrons. The van der Waals surface area contributed by atoms with Crippen LogP contribution >= 0.6 is 0 Å². The monoisotopic (exact) mass is 464 g/mol. The average Bonchev–Trinajstić information content (AvgIpc) is 3.23. The van der Waals surface area contributed by atoms with E-state index < -0.39 is 10.0 Å². The number of sulfonamides is 1. The van der Waals surface area contributed by atoms with Crippen LogP contribution in [-0.2, 0) is 10.0 Å². The van der Waals surface area contributed by atoms with Gasteiger partial charge >= 0.3 is 0 Å². The Morgan fingerprint density at radius 2 is 1.70 bits per heavy atom. The van der Waals surface area contributed by atoms with Crippen LogP contribution in [0, 0.1) is 6.92 Å². The lowest BCUT2D eigenvalue weighted by atomic mass is 10.3. The van der Waals surface area contributed by atoms with Crippen molar-refractivity contribution in [2.24, 2.45) is 0 Å². The fourth-order valence-corrected chi connectivity index (χ4v) is 4.49. The van der Waals surface area contributed by atoms with Gasteiger partial charge in [0.15, 0.2) is 11.5 Å². The van der Waals surface area contributed by atoms with Crippen molar-refractivity contribution in [1.29, 1.82) is 0 Å². The van der Waals surface area contributed by atoms with Gasteiger partial charge in [-0.25, -0.2) is 13.4 Å². The van der Waals surface area contributed by atoms with E-state index in [0.29, 0.717) is 41.7 Å². The zero-order valence-electron chi connectivity index (χ0n) is 17.6. The van der Waals surface area contributed by atoms with Crippen LogP contribution in [0.15, 0.2) is 71.9 Å². The number of fused-ring (bicyclic) bond motifs is 2. The summed E-state index contributed by atoms with van der Waals surface area (Å²) in [4.78, 5) is 17.0. The molecule has 0 spiro atoms. The van der Waals surface area contributed by atoms with E-state index in [2.05, 4.69) is 15.0 Å². The number of rotatable bonds is 5. The number of amides is 1. The molecular weight excluding hydrogens is 444 g/mol.